The molecule has 1 aromatic carbocycles. The number of nitrogens with zero attached hydrogens (tertiary/aromatic N) is 1. The van der Waals surface area contributed by atoms with Crippen LogP contribution in [-0.2, 0) is 22.1 Å². The predicted molar refractivity (Wildman–Crippen MR) is 73.9 cm³/mol. The maximum absolute atomic E-state index is 12.9. The van der Waals surface area contributed by atoms with Gasteiger partial charge in [0.1, 0.15) is 0 Å². The first-order valence-electron chi connectivity index (χ1n) is 7.51. The number of halogens is 6. The number of fused-ring (bicyclic) bond motifs is 2. The van der Waals surface area contributed by atoms with Crippen LogP contribution < -0.4 is 5.32 Å². The minimum absolute atomic E-state index is 0.0443. The summed E-state index contributed by atoms with van der Waals surface area (Å²) in [4.78, 5) is 24.8. The first kappa shape index (κ1) is 18.5. The number of hydrogen-bond acceptors (Lipinski definition) is 4. The number of benzene rings is 1. The standard InChI is InChI=1S/C15H12F6N2O3/c16-14(17,18)8-1-2-9-7(5-8)6-10-11(26-13(25)15(19,20)21)22-3-4-23(10)12(9)24/h1-2,5,10-11,22H,3-4,6H2/t10-,11?/m1/s1. The van der Waals surface area contributed by atoms with Crippen molar-refractivity contribution in [1.29, 1.82) is 0 Å². The van der Waals surface area contributed by atoms with Gasteiger partial charge in [0.25, 0.3) is 5.91 Å². The Morgan fingerprint density at radius 1 is 1.19 bits per heavy atom. The molecular formula is C15H12F6N2O3. The zero-order valence-electron chi connectivity index (χ0n) is 12.9. The van der Waals surface area contributed by atoms with E-state index in [-0.39, 0.29) is 30.6 Å². The third kappa shape index (κ3) is 3.35. The highest BCUT2D eigenvalue weighted by Gasteiger charge is 2.47. The van der Waals surface area contributed by atoms with Gasteiger partial charge in [-0.15, -0.1) is 0 Å². The maximum Gasteiger partial charge on any atom is 0.490 e. The first-order valence-corrected chi connectivity index (χ1v) is 7.51. The number of alkyl halides is 6. The Balaban J connectivity index is 1.91. The third-order valence-corrected chi connectivity index (χ3v) is 4.27. The summed E-state index contributed by atoms with van der Waals surface area (Å²) in [7, 11) is 0. The van der Waals surface area contributed by atoms with Gasteiger partial charge < -0.3 is 9.64 Å². The molecule has 26 heavy (non-hydrogen) atoms. The van der Waals surface area contributed by atoms with E-state index >= 15 is 0 Å². The van der Waals surface area contributed by atoms with Crippen molar-refractivity contribution in [3.63, 3.8) is 0 Å². The van der Waals surface area contributed by atoms with Crippen molar-refractivity contribution in [2.24, 2.45) is 0 Å². The van der Waals surface area contributed by atoms with E-state index in [0.29, 0.717) is 0 Å². The summed E-state index contributed by atoms with van der Waals surface area (Å²) in [6.07, 6.45) is -11.5. The Morgan fingerprint density at radius 2 is 1.88 bits per heavy atom. The molecule has 11 heteroatoms. The molecular weight excluding hydrogens is 370 g/mol. The van der Waals surface area contributed by atoms with Crippen LogP contribution in [-0.4, -0.2) is 48.3 Å². The van der Waals surface area contributed by atoms with E-state index in [1.54, 1.807) is 0 Å². The van der Waals surface area contributed by atoms with Gasteiger partial charge in [-0.2, -0.15) is 26.3 Å². The van der Waals surface area contributed by atoms with Crippen LogP contribution in [0.1, 0.15) is 21.5 Å². The SMILES string of the molecule is O=C1c2ccc(C(F)(F)F)cc2C[C@@H]2C(OC(=O)C(F)(F)F)NCCN12. The Hall–Kier alpha value is -2.30. The van der Waals surface area contributed by atoms with Crippen LogP contribution in [0.25, 0.3) is 0 Å². The van der Waals surface area contributed by atoms with Crippen LogP contribution in [0.3, 0.4) is 0 Å². The third-order valence-electron chi connectivity index (χ3n) is 4.27. The molecule has 1 aromatic rings. The molecule has 2 aliphatic rings. The Labute approximate surface area is 142 Å². The van der Waals surface area contributed by atoms with E-state index in [4.69, 9.17) is 0 Å². The van der Waals surface area contributed by atoms with E-state index < -0.39 is 42.1 Å². The fourth-order valence-electron chi connectivity index (χ4n) is 3.09. The van der Waals surface area contributed by atoms with Crippen molar-refractivity contribution in [3.05, 3.63) is 34.9 Å². The molecule has 0 bridgehead atoms. The van der Waals surface area contributed by atoms with Crippen LogP contribution >= 0.6 is 0 Å². The van der Waals surface area contributed by atoms with E-state index in [0.717, 1.165) is 18.2 Å². The lowest BCUT2D eigenvalue weighted by atomic mass is 9.89. The van der Waals surface area contributed by atoms with E-state index in [1.165, 1.54) is 4.90 Å². The predicted octanol–water partition coefficient (Wildman–Crippen LogP) is 2.11. The lowest BCUT2D eigenvalue weighted by Gasteiger charge is -2.44. The number of rotatable bonds is 1. The summed E-state index contributed by atoms with van der Waals surface area (Å²) in [5, 5.41) is 2.56. The van der Waals surface area contributed by atoms with Gasteiger partial charge in [0.05, 0.1) is 11.6 Å². The average molecular weight is 382 g/mol. The second kappa shape index (κ2) is 6.15. The summed E-state index contributed by atoms with van der Waals surface area (Å²) in [5.41, 5.74) is -0.870. The summed E-state index contributed by atoms with van der Waals surface area (Å²) in [6.45, 7) is 0.206. The smallest absolute Gasteiger partial charge is 0.438 e. The number of carbonyl (C=O) groups excluding carboxylic acids is 2. The van der Waals surface area contributed by atoms with Crippen molar-refractivity contribution < 1.29 is 40.7 Å². The van der Waals surface area contributed by atoms with Gasteiger partial charge in [-0.25, -0.2) is 4.79 Å². The second-order valence-corrected chi connectivity index (χ2v) is 5.92. The van der Waals surface area contributed by atoms with Gasteiger partial charge >= 0.3 is 18.3 Å². The monoisotopic (exact) mass is 382 g/mol. The zero-order chi connectivity index (χ0) is 19.3. The normalized spacial score (nSPS) is 23.3. The minimum Gasteiger partial charge on any atom is -0.438 e. The van der Waals surface area contributed by atoms with E-state index in [1.807, 2.05) is 0 Å². The highest BCUT2D eigenvalue weighted by atomic mass is 19.4. The van der Waals surface area contributed by atoms with Gasteiger partial charge in [-0.3, -0.25) is 10.1 Å². The average Bonchev–Trinajstić information content (AvgIpc) is 2.53. The number of ether oxygens (including phenoxy) is 1. The summed E-state index contributed by atoms with van der Waals surface area (Å²) >= 11 is 0. The molecule has 142 valence electrons. The maximum atomic E-state index is 12.9. The number of hydrogen-bond donors (Lipinski definition) is 1. The number of nitrogens with one attached hydrogen (secondary N) is 1. The molecule has 2 aliphatic heterocycles. The van der Waals surface area contributed by atoms with Crippen LogP contribution in [0.4, 0.5) is 26.3 Å². The number of carbonyl (C=O) groups is 2. The van der Waals surface area contributed by atoms with Gasteiger partial charge in [0.2, 0.25) is 0 Å². The molecule has 2 heterocycles. The van der Waals surface area contributed by atoms with E-state index in [2.05, 4.69) is 10.1 Å². The fourth-order valence-corrected chi connectivity index (χ4v) is 3.09. The summed E-state index contributed by atoms with van der Waals surface area (Å²) in [5.74, 6) is -3.04. The van der Waals surface area contributed by atoms with Crippen LogP contribution in [0, 0.1) is 0 Å². The number of piperazine rings is 1. The zero-order valence-corrected chi connectivity index (χ0v) is 12.9. The molecule has 0 radical (unpaired) electrons. The fraction of sp³-hybridized carbons (Fsp3) is 0.467. The molecule has 0 aliphatic carbocycles. The topological polar surface area (TPSA) is 58.6 Å². The largest absolute Gasteiger partial charge is 0.490 e. The molecule has 2 atom stereocenters. The minimum atomic E-state index is -5.22. The lowest BCUT2D eigenvalue weighted by Crippen LogP contribution is -2.63. The van der Waals surface area contributed by atoms with Gasteiger partial charge in [0.15, 0.2) is 6.23 Å². The van der Waals surface area contributed by atoms with Crippen molar-refractivity contribution in [1.82, 2.24) is 10.2 Å². The summed E-state index contributed by atoms with van der Waals surface area (Å²) in [6, 6.07) is 1.59. The quantitative estimate of drug-likeness (QED) is 0.597. The molecule has 0 saturated carbocycles. The lowest BCUT2D eigenvalue weighted by molar-refractivity contribution is -0.210. The molecule has 1 N–H and O–H groups in total. The molecule has 3 rings (SSSR count). The van der Waals surface area contributed by atoms with Crippen molar-refractivity contribution in [3.8, 4) is 0 Å². The second-order valence-electron chi connectivity index (χ2n) is 5.92. The van der Waals surface area contributed by atoms with Crippen LogP contribution in [0.15, 0.2) is 18.2 Å². The highest BCUT2D eigenvalue weighted by molar-refractivity contribution is 5.97. The molecule has 1 saturated heterocycles. The molecule has 1 unspecified atom stereocenters. The number of amides is 1. The molecule has 1 amide bonds. The van der Waals surface area contributed by atoms with Gasteiger partial charge in [0, 0.05) is 18.7 Å². The van der Waals surface area contributed by atoms with Crippen LogP contribution in [0.5, 0.6) is 0 Å². The van der Waals surface area contributed by atoms with Crippen LogP contribution in [0.2, 0.25) is 0 Å². The summed E-state index contributed by atoms with van der Waals surface area (Å²) < 4.78 is 80.3. The Kier molecular flexibility index (Phi) is 4.37. The first-order chi connectivity index (χ1) is 12.0. The molecule has 1 fully saturated rings. The molecule has 0 aromatic heterocycles. The van der Waals surface area contributed by atoms with Gasteiger partial charge in [-0.05, 0) is 30.2 Å². The van der Waals surface area contributed by atoms with Crippen molar-refractivity contribution in [2.75, 3.05) is 13.1 Å². The number of esters is 1. The molecule has 5 nitrogen and oxygen atoms in total. The Morgan fingerprint density at radius 3 is 2.50 bits per heavy atom. The highest BCUT2D eigenvalue weighted by Crippen LogP contribution is 2.34. The van der Waals surface area contributed by atoms with Crippen molar-refractivity contribution in [2.45, 2.75) is 31.0 Å². The molecule has 0 spiro atoms. The Bertz CT molecular complexity index is 746. The van der Waals surface area contributed by atoms with Gasteiger partial charge in [-0.1, -0.05) is 0 Å². The van der Waals surface area contributed by atoms with Crippen molar-refractivity contribution >= 4 is 11.9 Å². The van der Waals surface area contributed by atoms with E-state index in [9.17, 15) is 35.9 Å².